The lowest BCUT2D eigenvalue weighted by Gasteiger charge is -2.37. The van der Waals surface area contributed by atoms with E-state index in [0.29, 0.717) is 31.4 Å². The third-order valence-corrected chi connectivity index (χ3v) is 6.19. The van der Waals surface area contributed by atoms with Gasteiger partial charge < -0.3 is 10.6 Å². The van der Waals surface area contributed by atoms with Crippen molar-refractivity contribution in [3.8, 4) is 0 Å². The van der Waals surface area contributed by atoms with Crippen LogP contribution in [0.4, 0.5) is 5.69 Å². The number of likely N-dealkylation sites (tertiary alicyclic amines) is 1. The van der Waals surface area contributed by atoms with Crippen molar-refractivity contribution >= 4 is 27.5 Å². The van der Waals surface area contributed by atoms with E-state index in [4.69, 9.17) is 5.14 Å². The molecule has 2 rings (SSSR count). The van der Waals surface area contributed by atoms with Gasteiger partial charge in [-0.1, -0.05) is 19.4 Å². The number of sulfonamides is 1. The zero-order valence-corrected chi connectivity index (χ0v) is 18.0. The Morgan fingerprint density at radius 1 is 1.28 bits per heavy atom. The Labute approximate surface area is 173 Å². The number of nitrogens with zero attached hydrogens (tertiary/aromatic N) is 1. The Morgan fingerprint density at radius 3 is 2.72 bits per heavy atom. The first-order valence-corrected chi connectivity index (χ1v) is 11.7. The van der Waals surface area contributed by atoms with Crippen molar-refractivity contribution in [1.82, 2.24) is 10.2 Å². The molecule has 0 saturated carbocycles. The minimum Gasteiger partial charge on any atom is -0.356 e. The molecule has 9 heteroatoms. The number of primary sulfonamides is 1. The van der Waals surface area contributed by atoms with Crippen molar-refractivity contribution in [2.24, 2.45) is 11.1 Å². The first kappa shape index (κ1) is 23.3. The highest BCUT2D eigenvalue weighted by Gasteiger charge is 2.29. The second-order valence-electron chi connectivity index (χ2n) is 7.63. The summed E-state index contributed by atoms with van der Waals surface area (Å²) in [4.78, 5) is 26.8. The van der Waals surface area contributed by atoms with Crippen molar-refractivity contribution in [2.45, 2.75) is 56.9 Å². The fourth-order valence-corrected chi connectivity index (χ4v) is 4.02. The molecule has 0 aromatic heterocycles. The van der Waals surface area contributed by atoms with Crippen molar-refractivity contribution in [2.75, 3.05) is 25.0 Å². The Bertz CT molecular complexity index is 812. The summed E-state index contributed by atoms with van der Waals surface area (Å²) < 4.78 is 22.9. The predicted octanol–water partition coefficient (Wildman–Crippen LogP) is 1.68. The van der Waals surface area contributed by atoms with Gasteiger partial charge in [-0.05, 0) is 44.4 Å². The average Bonchev–Trinajstić information content (AvgIpc) is 2.67. The molecule has 1 aliphatic rings. The van der Waals surface area contributed by atoms with Gasteiger partial charge in [-0.3, -0.25) is 14.5 Å². The van der Waals surface area contributed by atoms with E-state index in [0.717, 1.165) is 25.7 Å². The van der Waals surface area contributed by atoms with Crippen LogP contribution in [0.3, 0.4) is 0 Å². The van der Waals surface area contributed by atoms with Crippen LogP contribution in [0.5, 0.6) is 0 Å². The van der Waals surface area contributed by atoms with Gasteiger partial charge in [-0.2, -0.15) is 0 Å². The van der Waals surface area contributed by atoms with Crippen LogP contribution < -0.4 is 15.8 Å². The minimum atomic E-state index is -3.82. The molecule has 1 heterocycles. The Hall–Kier alpha value is -1.97. The third kappa shape index (κ3) is 7.41. The number of nitrogens with one attached hydrogen (secondary N) is 2. The summed E-state index contributed by atoms with van der Waals surface area (Å²) in [5.74, 6) is -0.157. The standard InChI is InChI=1S/C20H32N4O4S/c1-3-4-11-22-20(26)16-9-8-15(2)24(14-16)12-10-19(25)23-17-6-5-7-18(13-17)29(21,27)28/h5-7,13,15-16H,3-4,8-12,14H2,1-2H3,(H,22,26)(H,23,25)(H2,21,27,28). The van der Waals surface area contributed by atoms with Crippen molar-refractivity contribution in [3.63, 3.8) is 0 Å². The number of carbonyl (C=O) groups excluding carboxylic acids is 2. The van der Waals surface area contributed by atoms with E-state index in [9.17, 15) is 18.0 Å². The van der Waals surface area contributed by atoms with Gasteiger partial charge in [0.25, 0.3) is 0 Å². The molecule has 1 aliphatic heterocycles. The number of unbranched alkanes of at least 4 members (excludes halogenated alkanes) is 1. The summed E-state index contributed by atoms with van der Waals surface area (Å²) in [6.45, 7) is 6.10. The molecule has 2 atom stereocenters. The second-order valence-corrected chi connectivity index (χ2v) is 9.20. The van der Waals surface area contributed by atoms with Gasteiger partial charge in [-0.15, -0.1) is 0 Å². The van der Waals surface area contributed by atoms with Crippen LogP contribution in [0.25, 0.3) is 0 Å². The molecule has 2 unspecified atom stereocenters. The van der Waals surface area contributed by atoms with E-state index in [2.05, 4.69) is 29.4 Å². The number of rotatable bonds is 9. The van der Waals surface area contributed by atoms with Gasteiger partial charge in [0.05, 0.1) is 10.8 Å². The topological polar surface area (TPSA) is 122 Å². The lowest BCUT2D eigenvalue weighted by atomic mass is 9.92. The van der Waals surface area contributed by atoms with E-state index in [1.54, 1.807) is 6.07 Å². The Morgan fingerprint density at radius 2 is 2.03 bits per heavy atom. The molecule has 1 saturated heterocycles. The highest BCUT2D eigenvalue weighted by atomic mass is 32.2. The van der Waals surface area contributed by atoms with E-state index >= 15 is 0 Å². The smallest absolute Gasteiger partial charge is 0.238 e. The fourth-order valence-electron chi connectivity index (χ4n) is 3.46. The number of amides is 2. The van der Waals surface area contributed by atoms with Crippen LogP contribution in [-0.2, 0) is 19.6 Å². The molecule has 8 nitrogen and oxygen atoms in total. The van der Waals surface area contributed by atoms with Crippen LogP contribution >= 0.6 is 0 Å². The van der Waals surface area contributed by atoms with Gasteiger partial charge in [-0.25, -0.2) is 13.6 Å². The largest absolute Gasteiger partial charge is 0.356 e. The fraction of sp³-hybridized carbons (Fsp3) is 0.600. The SMILES string of the molecule is CCCCNC(=O)C1CCC(C)N(CCC(=O)Nc2cccc(S(N)(=O)=O)c2)C1. The minimum absolute atomic E-state index is 0.0439. The zero-order chi connectivity index (χ0) is 21.4. The molecule has 0 bridgehead atoms. The summed E-state index contributed by atoms with van der Waals surface area (Å²) in [7, 11) is -3.82. The Balaban J connectivity index is 1.86. The van der Waals surface area contributed by atoms with Gasteiger partial charge in [0.2, 0.25) is 21.8 Å². The maximum atomic E-state index is 12.3. The van der Waals surface area contributed by atoms with E-state index in [-0.39, 0.29) is 29.0 Å². The van der Waals surface area contributed by atoms with Crippen LogP contribution in [0, 0.1) is 5.92 Å². The summed E-state index contributed by atoms with van der Waals surface area (Å²) in [6, 6.07) is 6.18. The normalized spacial score (nSPS) is 20.2. The van der Waals surface area contributed by atoms with Crippen molar-refractivity contribution < 1.29 is 18.0 Å². The van der Waals surface area contributed by atoms with E-state index in [1.165, 1.54) is 18.2 Å². The van der Waals surface area contributed by atoms with Crippen molar-refractivity contribution in [1.29, 1.82) is 0 Å². The highest BCUT2D eigenvalue weighted by Crippen LogP contribution is 2.22. The molecule has 162 valence electrons. The number of nitrogens with two attached hydrogens (primary N) is 1. The zero-order valence-electron chi connectivity index (χ0n) is 17.2. The molecular formula is C20H32N4O4S. The molecule has 1 fully saturated rings. The number of anilines is 1. The molecule has 2 amide bonds. The highest BCUT2D eigenvalue weighted by molar-refractivity contribution is 7.89. The summed E-state index contributed by atoms with van der Waals surface area (Å²) in [6.07, 6.45) is 4.06. The summed E-state index contributed by atoms with van der Waals surface area (Å²) >= 11 is 0. The summed E-state index contributed by atoms with van der Waals surface area (Å²) in [5.41, 5.74) is 0.390. The maximum absolute atomic E-state index is 12.3. The van der Waals surface area contributed by atoms with Crippen molar-refractivity contribution in [3.05, 3.63) is 24.3 Å². The molecule has 0 radical (unpaired) electrons. The van der Waals surface area contributed by atoms with Crippen LogP contribution in [0.2, 0.25) is 0 Å². The first-order valence-electron chi connectivity index (χ1n) is 10.1. The summed E-state index contributed by atoms with van der Waals surface area (Å²) in [5, 5.41) is 10.8. The number of hydrogen-bond donors (Lipinski definition) is 3. The number of hydrogen-bond acceptors (Lipinski definition) is 5. The Kier molecular flexibility index (Phi) is 8.60. The van der Waals surface area contributed by atoms with Crippen LogP contribution in [0.15, 0.2) is 29.2 Å². The van der Waals surface area contributed by atoms with Gasteiger partial charge in [0.1, 0.15) is 0 Å². The predicted molar refractivity (Wildman–Crippen MR) is 113 cm³/mol. The molecule has 0 aliphatic carbocycles. The van der Waals surface area contributed by atoms with Crippen LogP contribution in [0.1, 0.15) is 46.0 Å². The second kappa shape index (κ2) is 10.7. The lowest BCUT2D eigenvalue weighted by molar-refractivity contribution is -0.127. The molecule has 0 spiro atoms. The quantitative estimate of drug-likeness (QED) is 0.521. The monoisotopic (exact) mass is 424 g/mol. The van der Waals surface area contributed by atoms with Gasteiger partial charge >= 0.3 is 0 Å². The number of piperidine rings is 1. The van der Waals surface area contributed by atoms with E-state index < -0.39 is 10.0 Å². The maximum Gasteiger partial charge on any atom is 0.238 e. The molecule has 29 heavy (non-hydrogen) atoms. The molecular weight excluding hydrogens is 392 g/mol. The van der Waals surface area contributed by atoms with Gasteiger partial charge in [0.15, 0.2) is 0 Å². The van der Waals surface area contributed by atoms with Crippen LogP contribution in [-0.4, -0.2) is 50.8 Å². The molecule has 1 aromatic carbocycles. The number of benzene rings is 1. The first-order chi connectivity index (χ1) is 13.7. The lowest BCUT2D eigenvalue weighted by Crippen LogP contribution is -2.47. The van der Waals surface area contributed by atoms with E-state index in [1.807, 2.05) is 0 Å². The average molecular weight is 425 g/mol. The molecule has 1 aromatic rings. The third-order valence-electron chi connectivity index (χ3n) is 5.28. The number of carbonyl (C=O) groups is 2. The van der Waals surface area contributed by atoms with Gasteiger partial charge in [0, 0.05) is 37.8 Å². The molecule has 4 N–H and O–H groups in total.